The minimum absolute atomic E-state index is 0.0805. The summed E-state index contributed by atoms with van der Waals surface area (Å²) in [7, 11) is 0. The quantitative estimate of drug-likeness (QED) is 0.442. The molecule has 58 valence electrons. The lowest BCUT2D eigenvalue weighted by atomic mass is 10.3. The fraction of sp³-hybridized carbons (Fsp3) is 0.167. The van der Waals surface area contributed by atoms with Crippen molar-refractivity contribution in [1.82, 2.24) is 4.98 Å². The standard InChI is InChI=1S/C6H5IN2O2/c1-4-5(7)2-8-3-6(4)9(10)11/h2-3H,1H3. The van der Waals surface area contributed by atoms with Gasteiger partial charge in [0, 0.05) is 15.3 Å². The van der Waals surface area contributed by atoms with Crippen LogP contribution in [0.2, 0.25) is 0 Å². The van der Waals surface area contributed by atoms with Crippen molar-refractivity contribution in [3.8, 4) is 0 Å². The molecule has 5 heteroatoms. The van der Waals surface area contributed by atoms with Gasteiger partial charge < -0.3 is 0 Å². The Kier molecular flexibility index (Phi) is 2.38. The number of aromatic nitrogens is 1. The monoisotopic (exact) mass is 264 g/mol. The van der Waals surface area contributed by atoms with Gasteiger partial charge in [0.25, 0.3) is 5.69 Å². The summed E-state index contributed by atoms with van der Waals surface area (Å²) in [5, 5.41) is 10.3. The van der Waals surface area contributed by atoms with Crippen LogP contribution in [0.15, 0.2) is 12.4 Å². The molecular formula is C6H5IN2O2. The minimum atomic E-state index is -0.426. The van der Waals surface area contributed by atoms with E-state index in [-0.39, 0.29) is 5.69 Å². The maximum Gasteiger partial charge on any atom is 0.291 e. The molecule has 0 aliphatic heterocycles. The Hall–Kier alpha value is -0.720. The van der Waals surface area contributed by atoms with Gasteiger partial charge in [0.15, 0.2) is 0 Å². The lowest BCUT2D eigenvalue weighted by Crippen LogP contribution is -1.94. The van der Waals surface area contributed by atoms with Crippen molar-refractivity contribution in [2.24, 2.45) is 0 Å². The second-order valence-corrected chi connectivity index (χ2v) is 3.18. The van der Waals surface area contributed by atoms with Gasteiger partial charge in [-0.1, -0.05) is 0 Å². The third-order valence-electron chi connectivity index (χ3n) is 1.32. The van der Waals surface area contributed by atoms with Crippen molar-refractivity contribution in [1.29, 1.82) is 0 Å². The second kappa shape index (κ2) is 3.12. The number of halogens is 1. The lowest BCUT2D eigenvalue weighted by molar-refractivity contribution is -0.385. The first-order chi connectivity index (χ1) is 5.13. The van der Waals surface area contributed by atoms with Gasteiger partial charge in [-0.05, 0) is 29.5 Å². The molecule has 1 aromatic heterocycles. The van der Waals surface area contributed by atoms with Gasteiger partial charge in [0.05, 0.1) is 4.92 Å². The highest BCUT2D eigenvalue weighted by atomic mass is 127. The van der Waals surface area contributed by atoms with Crippen molar-refractivity contribution >= 4 is 28.3 Å². The van der Waals surface area contributed by atoms with E-state index < -0.39 is 4.92 Å². The molecule has 0 N–H and O–H groups in total. The Morgan fingerprint density at radius 2 is 2.27 bits per heavy atom. The van der Waals surface area contributed by atoms with Gasteiger partial charge in [0.1, 0.15) is 6.20 Å². The molecule has 0 fully saturated rings. The molecule has 0 atom stereocenters. The average Bonchev–Trinajstić information content (AvgIpc) is 1.94. The molecule has 0 aliphatic rings. The first-order valence-corrected chi connectivity index (χ1v) is 3.95. The van der Waals surface area contributed by atoms with Crippen LogP contribution in [-0.4, -0.2) is 9.91 Å². The molecule has 0 aliphatic carbocycles. The first-order valence-electron chi connectivity index (χ1n) is 2.87. The van der Waals surface area contributed by atoms with E-state index in [1.807, 2.05) is 22.6 Å². The van der Waals surface area contributed by atoms with E-state index >= 15 is 0 Å². The number of nitrogens with zero attached hydrogens (tertiary/aromatic N) is 2. The van der Waals surface area contributed by atoms with Crippen LogP contribution < -0.4 is 0 Å². The Morgan fingerprint density at radius 3 is 2.73 bits per heavy atom. The van der Waals surface area contributed by atoms with Crippen LogP contribution in [0.3, 0.4) is 0 Å². The minimum Gasteiger partial charge on any atom is -0.258 e. The van der Waals surface area contributed by atoms with Crippen LogP contribution in [0.1, 0.15) is 5.56 Å². The Balaban J connectivity index is 3.27. The molecule has 0 aromatic carbocycles. The van der Waals surface area contributed by atoms with E-state index in [1.165, 1.54) is 6.20 Å². The largest absolute Gasteiger partial charge is 0.291 e. The summed E-state index contributed by atoms with van der Waals surface area (Å²) in [6.45, 7) is 1.71. The Labute approximate surface area is 76.9 Å². The first kappa shape index (κ1) is 8.38. The molecule has 0 saturated heterocycles. The van der Waals surface area contributed by atoms with Crippen molar-refractivity contribution in [2.45, 2.75) is 6.92 Å². The fourth-order valence-electron chi connectivity index (χ4n) is 0.673. The van der Waals surface area contributed by atoms with Crippen LogP contribution in [0.5, 0.6) is 0 Å². The van der Waals surface area contributed by atoms with Crippen LogP contribution in [0.25, 0.3) is 0 Å². The molecule has 1 rings (SSSR count). The molecule has 0 bridgehead atoms. The van der Waals surface area contributed by atoms with Crippen LogP contribution >= 0.6 is 22.6 Å². The van der Waals surface area contributed by atoms with Crippen LogP contribution in [0.4, 0.5) is 5.69 Å². The maximum atomic E-state index is 10.3. The van der Waals surface area contributed by atoms with Gasteiger partial charge in [-0.2, -0.15) is 0 Å². The van der Waals surface area contributed by atoms with Crippen molar-refractivity contribution in [3.05, 3.63) is 31.6 Å². The summed E-state index contributed by atoms with van der Waals surface area (Å²) >= 11 is 2.02. The molecule has 4 nitrogen and oxygen atoms in total. The average molecular weight is 264 g/mol. The maximum absolute atomic E-state index is 10.3. The normalized spacial score (nSPS) is 9.64. The summed E-state index contributed by atoms with van der Waals surface area (Å²) in [6, 6.07) is 0. The molecular weight excluding hydrogens is 259 g/mol. The van der Waals surface area contributed by atoms with Gasteiger partial charge in [-0.3, -0.25) is 15.1 Å². The van der Waals surface area contributed by atoms with E-state index in [4.69, 9.17) is 0 Å². The lowest BCUT2D eigenvalue weighted by Gasteiger charge is -1.96. The molecule has 0 saturated carbocycles. The summed E-state index contributed by atoms with van der Waals surface area (Å²) in [5.74, 6) is 0. The van der Waals surface area contributed by atoms with E-state index in [9.17, 15) is 10.1 Å². The number of nitro groups is 1. The summed E-state index contributed by atoms with van der Waals surface area (Å²) in [4.78, 5) is 13.6. The fourth-order valence-corrected chi connectivity index (χ4v) is 1.11. The number of hydrogen-bond donors (Lipinski definition) is 0. The summed E-state index contributed by atoms with van der Waals surface area (Å²) in [6.07, 6.45) is 2.86. The molecule has 11 heavy (non-hydrogen) atoms. The molecule has 0 amide bonds. The van der Waals surface area contributed by atoms with Crippen molar-refractivity contribution < 1.29 is 4.92 Å². The molecule has 1 aromatic rings. The highest BCUT2D eigenvalue weighted by Crippen LogP contribution is 2.20. The van der Waals surface area contributed by atoms with E-state index in [0.29, 0.717) is 5.56 Å². The van der Waals surface area contributed by atoms with Gasteiger partial charge in [-0.15, -0.1) is 0 Å². The van der Waals surface area contributed by atoms with Crippen molar-refractivity contribution in [3.63, 3.8) is 0 Å². The van der Waals surface area contributed by atoms with E-state index in [1.54, 1.807) is 13.1 Å². The third kappa shape index (κ3) is 1.65. The SMILES string of the molecule is Cc1c(I)cncc1[N+](=O)[O-]. The smallest absolute Gasteiger partial charge is 0.258 e. The molecule has 0 radical (unpaired) electrons. The highest BCUT2D eigenvalue weighted by Gasteiger charge is 2.11. The van der Waals surface area contributed by atoms with E-state index in [0.717, 1.165) is 3.57 Å². The van der Waals surface area contributed by atoms with Gasteiger partial charge in [0.2, 0.25) is 0 Å². The summed E-state index contributed by atoms with van der Waals surface area (Å²) in [5.41, 5.74) is 0.752. The number of rotatable bonds is 1. The molecule has 1 heterocycles. The predicted molar refractivity (Wildman–Crippen MR) is 48.3 cm³/mol. The van der Waals surface area contributed by atoms with Gasteiger partial charge >= 0.3 is 0 Å². The molecule has 0 unspecified atom stereocenters. The topological polar surface area (TPSA) is 56.0 Å². The summed E-state index contributed by atoms with van der Waals surface area (Å²) < 4.78 is 0.816. The highest BCUT2D eigenvalue weighted by molar-refractivity contribution is 14.1. The Morgan fingerprint density at radius 1 is 1.64 bits per heavy atom. The van der Waals surface area contributed by atoms with Gasteiger partial charge in [-0.25, -0.2) is 0 Å². The zero-order chi connectivity index (χ0) is 8.43. The zero-order valence-corrected chi connectivity index (χ0v) is 7.90. The van der Waals surface area contributed by atoms with E-state index in [2.05, 4.69) is 4.98 Å². The number of hydrogen-bond acceptors (Lipinski definition) is 3. The predicted octanol–water partition coefficient (Wildman–Crippen LogP) is 1.90. The Bertz CT molecular complexity index is 301. The van der Waals surface area contributed by atoms with Crippen molar-refractivity contribution in [2.75, 3.05) is 0 Å². The van der Waals surface area contributed by atoms with Crippen LogP contribution in [-0.2, 0) is 0 Å². The third-order valence-corrected chi connectivity index (χ3v) is 2.41. The zero-order valence-electron chi connectivity index (χ0n) is 5.74. The molecule has 0 spiro atoms. The van der Waals surface area contributed by atoms with Crippen LogP contribution in [0, 0.1) is 20.6 Å². The number of pyridine rings is 1. The second-order valence-electron chi connectivity index (χ2n) is 2.02.